The van der Waals surface area contributed by atoms with E-state index in [1.165, 1.54) is 16.7 Å². The third-order valence-electron chi connectivity index (χ3n) is 4.71. The highest BCUT2D eigenvalue weighted by molar-refractivity contribution is 5.92. The summed E-state index contributed by atoms with van der Waals surface area (Å²) < 4.78 is 1.96. The zero-order valence-electron chi connectivity index (χ0n) is 15.6. The van der Waals surface area contributed by atoms with Gasteiger partial charge < -0.3 is 5.32 Å². The van der Waals surface area contributed by atoms with E-state index in [2.05, 4.69) is 29.5 Å². The molecule has 4 nitrogen and oxygen atoms in total. The van der Waals surface area contributed by atoms with Crippen LogP contribution in [0.2, 0.25) is 0 Å². The van der Waals surface area contributed by atoms with Crippen molar-refractivity contribution in [3.05, 3.63) is 82.7 Å². The van der Waals surface area contributed by atoms with Gasteiger partial charge in [0.15, 0.2) is 0 Å². The Morgan fingerprint density at radius 3 is 2.42 bits per heavy atom. The van der Waals surface area contributed by atoms with Crippen molar-refractivity contribution in [2.75, 3.05) is 5.32 Å². The van der Waals surface area contributed by atoms with Gasteiger partial charge in [-0.1, -0.05) is 54.6 Å². The smallest absolute Gasteiger partial charge is 0.224 e. The topological polar surface area (TPSA) is 46.9 Å². The van der Waals surface area contributed by atoms with Gasteiger partial charge in [-0.15, -0.1) is 0 Å². The first-order chi connectivity index (χ1) is 12.5. The second-order valence-corrected chi connectivity index (χ2v) is 6.66. The molecule has 1 N–H and O–H groups in total. The summed E-state index contributed by atoms with van der Waals surface area (Å²) in [5, 5.41) is 7.67. The second kappa shape index (κ2) is 8.00. The maximum absolute atomic E-state index is 12.4. The van der Waals surface area contributed by atoms with Crippen LogP contribution < -0.4 is 5.32 Å². The number of hydrogen-bond donors (Lipinski definition) is 1. The fraction of sp³-hybridized carbons (Fsp3) is 0.273. The van der Waals surface area contributed by atoms with Gasteiger partial charge in [0, 0.05) is 6.42 Å². The van der Waals surface area contributed by atoms with Crippen molar-refractivity contribution in [2.45, 2.75) is 40.2 Å². The molecule has 1 amide bonds. The molecule has 0 bridgehead atoms. The number of carbonyl (C=O) groups is 1. The number of hydrogen-bond acceptors (Lipinski definition) is 2. The van der Waals surface area contributed by atoms with Crippen LogP contribution in [0.1, 0.15) is 34.5 Å². The molecule has 3 rings (SSSR count). The first-order valence-electron chi connectivity index (χ1n) is 8.97. The van der Waals surface area contributed by atoms with E-state index in [4.69, 9.17) is 0 Å². The summed E-state index contributed by atoms with van der Waals surface area (Å²) in [6.07, 6.45) is 1.20. The van der Waals surface area contributed by atoms with Crippen molar-refractivity contribution in [1.29, 1.82) is 0 Å². The molecule has 0 aliphatic carbocycles. The summed E-state index contributed by atoms with van der Waals surface area (Å²) >= 11 is 0. The summed E-state index contributed by atoms with van der Waals surface area (Å²) in [6.45, 7) is 6.76. The average Bonchev–Trinajstić information content (AvgIpc) is 2.90. The minimum Gasteiger partial charge on any atom is -0.323 e. The average molecular weight is 347 g/mol. The number of nitrogens with zero attached hydrogens (tertiary/aromatic N) is 2. The van der Waals surface area contributed by atoms with E-state index in [1.807, 2.05) is 61.0 Å². The molecule has 0 fully saturated rings. The molecule has 0 spiro atoms. The molecule has 26 heavy (non-hydrogen) atoms. The lowest BCUT2D eigenvalue weighted by atomic mass is 10.1. The number of anilines is 1. The first kappa shape index (κ1) is 17.9. The van der Waals surface area contributed by atoms with Crippen LogP contribution in [0.15, 0.2) is 54.6 Å². The number of amides is 1. The van der Waals surface area contributed by atoms with E-state index < -0.39 is 0 Å². The molecule has 0 saturated carbocycles. The summed E-state index contributed by atoms with van der Waals surface area (Å²) in [6, 6.07) is 18.4. The number of rotatable bonds is 6. The lowest BCUT2D eigenvalue weighted by molar-refractivity contribution is -0.116. The molecule has 0 aliphatic heterocycles. The van der Waals surface area contributed by atoms with E-state index in [1.54, 1.807) is 0 Å². The zero-order chi connectivity index (χ0) is 18.5. The van der Waals surface area contributed by atoms with E-state index in [0.29, 0.717) is 13.0 Å². The highest BCUT2D eigenvalue weighted by Crippen LogP contribution is 2.21. The summed E-state index contributed by atoms with van der Waals surface area (Å²) in [5.74, 6) is 0.0236. The van der Waals surface area contributed by atoms with Crippen LogP contribution in [0.3, 0.4) is 0 Å². The summed E-state index contributed by atoms with van der Waals surface area (Å²) in [4.78, 5) is 12.4. The van der Waals surface area contributed by atoms with E-state index in [-0.39, 0.29) is 5.91 Å². The van der Waals surface area contributed by atoms with Gasteiger partial charge in [-0.3, -0.25) is 9.48 Å². The minimum atomic E-state index is 0.0236. The molecule has 1 aromatic heterocycles. The molecule has 1 heterocycles. The highest BCUT2D eigenvalue weighted by Gasteiger charge is 2.15. The number of benzene rings is 2. The van der Waals surface area contributed by atoms with Crippen molar-refractivity contribution < 1.29 is 4.79 Å². The largest absolute Gasteiger partial charge is 0.323 e. The van der Waals surface area contributed by atoms with Crippen LogP contribution in [0.25, 0.3) is 0 Å². The third-order valence-corrected chi connectivity index (χ3v) is 4.71. The Kier molecular flexibility index (Phi) is 5.52. The minimum absolute atomic E-state index is 0.0236. The van der Waals surface area contributed by atoms with Crippen LogP contribution in [-0.2, 0) is 17.8 Å². The van der Waals surface area contributed by atoms with Gasteiger partial charge in [0.25, 0.3) is 0 Å². The quantitative estimate of drug-likeness (QED) is 0.717. The van der Waals surface area contributed by atoms with E-state index in [9.17, 15) is 4.79 Å². The highest BCUT2D eigenvalue weighted by atomic mass is 16.1. The summed E-state index contributed by atoms with van der Waals surface area (Å²) in [5.41, 5.74) is 6.32. The molecule has 4 heteroatoms. The number of carbonyl (C=O) groups excluding carboxylic acids is 1. The molecular formula is C22H25N3O. The molecule has 0 radical (unpaired) electrons. The number of aryl methyl sites for hydroxylation is 3. The van der Waals surface area contributed by atoms with Crippen LogP contribution in [0, 0.1) is 20.8 Å². The third kappa shape index (κ3) is 4.20. The lowest BCUT2D eigenvalue weighted by Crippen LogP contribution is -2.14. The Bertz CT molecular complexity index is 897. The monoisotopic (exact) mass is 347 g/mol. The van der Waals surface area contributed by atoms with Crippen LogP contribution in [0.4, 0.5) is 5.69 Å². The fourth-order valence-electron chi connectivity index (χ4n) is 3.09. The van der Waals surface area contributed by atoms with Crippen LogP contribution in [0.5, 0.6) is 0 Å². The standard InChI is InChI=1S/C22H25N3O/c1-16-9-7-8-12-20(16)15-25-18(3)22(17(2)24-25)23-21(26)14-13-19-10-5-4-6-11-19/h4-12H,13-15H2,1-3H3,(H,23,26). The Morgan fingerprint density at radius 1 is 1.00 bits per heavy atom. The summed E-state index contributed by atoms with van der Waals surface area (Å²) in [7, 11) is 0. The number of aromatic nitrogens is 2. The molecule has 0 unspecified atom stereocenters. The maximum atomic E-state index is 12.4. The zero-order valence-corrected chi connectivity index (χ0v) is 15.6. The predicted octanol–water partition coefficient (Wildman–Crippen LogP) is 4.43. The van der Waals surface area contributed by atoms with Crippen molar-refractivity contribution in [2.24, 2.45) is 0 Å². The molecular weight excluding hydrogens is 322 g/mol. The van der Waals surface area contributed by atoms with Crippen molar-refractivity contribution in [1.82, 2.24) is 9.78 Å². The van der Waals surface area contributed by atoms with Gasteiger partial charge in [-0.2, -0.15) is 5.10 Å². The fourth-order valence-corrected chi connectivity index (χ4v) is 3.09. The molecule has 0 atom stereocenters. The van der Waals surface area contributed by atoms with Gasteiger partial charge in [0.05, 0.1) is 23.6 Å². The first-order valence-corrected chi connectivity index (χ1v) is 8.97. The second-order valence-electron chi connectivity index (χ2n) is 6.66. The van der Waals surface area contributed by atoms with Crippen molar-refractivity contribution >= 4 is 11.6 Å². The Morgan fingerprint density at radius 2 is 1.69 bits per heavy atom. The van der Waals surface area contributed by atoms with Crippen molar-refractivity contribution in [3.8, 4) is 0 Å². The normalized spacial score (nSPS) is 10.7. The SMILES string of the molecule is Cc1ccccc1Cn1nc(C)c(NC(=O)CCc2ccccc2)c1C. The molecule has 3 aromatic rings. The van der Waals surface area contributed by atoms with E-state index in [0.717, 1.165) is 23.5 Å². The Balaban J connectivity index is 1.68. The molecule has 2 aromatic carbocycles. The molecule has 0 saturated heterocycles. The predicted molar refractivity (Wildman–Crippen MR) is 105 cm³/mol. The van der Waals surface area contributed by atoms with Crippen molar-refractivity contribution in [3.63, 3.8) is 0 Å². The maximum Gasteiger partial charge on any atom is 0.224 e. The van der Waals surface area contributed by atoms with Crippen LogP contribution >= 0.6 is 0 Å². The van der Waals surface area contributed by atoms with Gasteiger partial charge in [-0.05, 0) is 43.9 Å². The van der Waals surface area contributed by atoms with Gasteiger partial charge in [0.1, 0.15) is 0 Å². The van der Waals surface area contributed by atoms with Gasteiger partial charge in [-0.25, -0.2) is 0 Å². The Hall–Kier alpha value is -2.88. The number of nitrogens with one attached hydrogen (secondary N) is 1. The van der Waals surface area contributed by atoms with E-state index >= 15 is 0 Å². The Labute approximate surface area is 154 Å². The van der Waals surface area contributed by atoms with Crippen LogP contribution in [-0.4, -0.2) is 15.7 Å². The van der Waals surface area contributed by atoms with Gasteiger partial charge in [0.2, 0.25) is 5.91 Å². The lowest BCUT2D eigenvalue weighted by Gasteiger charge is -2.09. The molecule has 134 valence electrons. The molecule has 0 aliphatic rings. The van der Waals surface area contributed by atoms with Gasteiger partial charge >= 0.3 is 0 Å².